The van der Waals surface area contributed by atoms with Crippen molar-refractivity contribution in [3.63, 3.8) is 0 Å². The third kappa shape index (κ3) is 8.80. The first-order valence-electron chi connectivity index (χ1n) is 23.2. The lowest BCUT2D eigenvalue weighted by molar-refractivity contribution is -0.140. The maximum atomic E-state index is 14.8. The first-order chi connectivity index (χ1) is 35.4. The summed E-state index contributed by atoms with van der Waals surface area (Å²) >= 11 is 0. The number of urea groups is 2. The van der Waals surface area contributed by atoms with E-state index in [-0.39, 0.29) is 82.9 Å². The standard InChI is InChI=1S/C51H37F7N8O8/c52-33-8-3-23(17-32(33)51(56,57)58)62-49(70)66-43-41-30-20-26(5-10-35(30)74-45(41)43)72-37-18-24(60-47-28(37)7-12-39(68)64-47)15-21-1-2-22(16-31(21)50(53,54)55)61-48(69)65-42-40-29-19-25(4-9-34(29)73-44(40)42)71-36-13-14-59-46-27(36)6-11-38(67)63-46/h1-5,8-10,13-14,16-20,40-45H,6-7,11-12,15H2,(H,59,63,67)(H,60,64,68)(H2,61,65,69)(H2,62,66,70)/t40-,41-,42-,43-,44-,45-/m0/s1. The summed E-state index contributed by atoms with van der Waals surface area (Å²) in [5, 5.41) is 15.7. The van der Waals surface area contributed by atoms with Gasteiger partial charge in [-0.1, -0.05) is 6.07 Å². The van der Waals surface area contributed by atoms with Gasteiger partial charge < -0.3 is 50.8 Å². The van der Waals surface area contributed by atoms with Crippen molar-refractivity contribution in [2.45, 2.75) is 80.6 Å². The summed E-state index contributed by atoms with van der Waals surface area (Å²) in [4.78, 5) is 59.2. The maximum absolute atomic E-state index is 14.8. The van der Waals surface area contributed by atoms with Gasteiger partial charge in [0.25, 0.3) is 0 Å². The molecule has 0 radical (unpaired) electrons. The highest BCUT2D eigenvalue weighted by molar-refractivity contribution is 5.94. The van der Waals surface area contributed by atoms with Crippen molar-refractivity contribution in [1.29, 1.82) is 0 Å². The SMILES string of the molecule is O=C1CCc2c(Oc3ccc4c(c3)[C@H]3[C@H](NC(=O)Nc5ccc(Cc6cc(Oc7ccc8c(c7)[C@H]7[C@H](NC(=O)Nc9ccc(F)c(C(F)(F)F)c9)[C@H]7O8)c7c(n6)NC(=O)CC7)c(C(F)(F)F)c5)[C@H]3O4)ccnc2N1. The molecule has 6 amide bonds. The number of nitrogens with zero attached hydrogens (tertiary/aromatic N) is 2. The second-order valence-corrected chi connectivity index (χ2v) is 18.5. The lowest BCUT2D eigenvalue weighted by Crippen LogP contribution is -2.34. The van der Waals surface area contributed by atoms with E-state index in [1.165, 1.54) is 24.4 Å². The molecule has 6 aliphatic rings. The van der Waals surface area contributed by atoms with E-state index in [0.29, 0.717) is 64.9 Å². The Labute approximate surface area is 413 Å². The summed E-state index contributed by atoms with van der Waals surface area (Å²) in [7, 11) is 0. The number of hydrogen-bond donors (Lipinski definition) is 6. The molecule has 6 atom stereocenters. The zero-order chi connectivity index (χ0) is 51.4. The first kappa shape index (κ1) is 46.4. The van der Waals surface area contributed by atoms with Crippen molar-refractivity contribution in [3.05, 3.63) is 142 Å². The van der Waals surface area contributed by atoms with E-state index in [1.807, 2.05) is 0 Å². The molecule has 0 spiro atoms. The highest BCUT2D eigenvalue weighted by Gasteiger charge is 2.61. The number of carbonyl (C=O) groups excluding carboxylic acids is 4. The normalized spacial score (nSPS) is 21.3. The van der Waals surface area contributed by atoms with Crippen molar-refractivity contribution in [2.24, 2.45) is 0 Å². The van der Waals surface area contributed by atoms with Gasteiger partial charge in [0.1, 0.15) is 64.2 Å². The molecule has 0 bridgehead atoms. The molecule has 6 N–H and O–H groups in total. The van der Waals surface area contributed by atoms with E-state index in [2.05, 4.69) is 41.9 Å². The van der Waals surface area contributed by atoms with Gasteiger partial charge in [0.05, 0.1) is 40.7 Å². The Morgan fingerprint density at radius 2 is 1.18 bits per heavy atom. The van der Waals surface area contributed by atoms with Crippen LogP contribution in [-0.2, 0) is 41.2 Å². The predicted octanol–water partition coefficient (Wildman–Crippen LogP) is 9.70. The van der Waals surface area contributed by atoms with Gasteiger partial charge >= 0.3 is 24.4 Å². The van der Waals surface area contributed by atoms with Crippen LogP contribution < -0.4 is 50.8 Å². The van der Waals surface area contributed by atoms with Crippen LogP contribution in [0.4, 0.5) is 63.3 Å². The number of benzene rings is 4. The molecular formula is C51H37F7N8O8. The minimum atomic E-state index is -4.97. The van der Waals surface area contributed by atoms with Crippen molar-refractivity contribution in [1.82, 2.24) is 20.6 Å². The topological polar surface area (TPSA) is 203 Å². The molecule has 2 aliphatic carbocycles. The number of alkyl halides is 6. The molecule has 0 saturated heterocycles. The lowest BCUT2D eigenvalue weighted by atomic mass is 9.99. The van der Waals surface area contributed by atoms with E-state index in [4.69, 9.17) is 18.9 Å². The van der Waals surface area contributed by atoms with Crippen LogP contribution in [0.15, 0.2) is 91.1 Å². The summed E-state index contributed by atoms with van der Waals surface area (Å²) in [5.74, 6) is 0.640. The number of carbonyl (C=O) groups is 4. The number of nitrogens with one attached hydrogen (secondary N) is 6. The van der Waals surface area contributed by atoms with Gasteiger partial charge in [-0.3, -0.25) is 9.59 Å². The van der Waals surface area contributed by atoms with Gasteiger partial charge in [0.2, 0.25) is 11.8 Å². The number of pyridine rings is 2. The molecule has 2 fully saturated rings. The van der Waals surface area contributed by atoms with E-state index < -0.39 is 65.7 Å². The predicted molar refractivity (Wildman–Crippen MR) is 247 cm³/mol. The quantitative estimate of drug-likeness (QED) is 0.0717. The van der Waals surface area contributed by atoms with E-state index in [1.54, 1.807) is 42.5 Å². The number of anilines is 4. The molecule has 23 heteroatoms. The van der Waals surface area contributed by atoms with Crippen LogP contribution in [0, 0.1) is 5.82 Å². The molecule has 0 unspecified atom stereocenters. The summed E-state index contributed by atoms with van der Waals surface area (Å²) in [6.07, 6.45) is -8.50. The fourth-order valence-corrected chi connectivity index (χ4v) is 10.0. The molecular weight excluding hydrogens is 986 g/mol. The van der Waals surface area contributed by atoms with Crippen LogP contribution in [-0.4, -0.2) is 58.1 Å². The average molecular weight is 1020 g/mol. The van der Waals surface area contributed by atoms with Crippen molar-refractivity contribution in [3.8, 4) is 34.5 Å². The molecule has 12 rings (SSSR count). The van der Waals surface area contributed by atoms with Gasteiger partial charge in [0.15, 0.2) is 0 Å². The highest BCUT2D eigenvalue weighted by atomic mass is 19.4. The van der Waals surface area contributed by atoms with Crippen LogP contribution in [0.25, 0.3) is 0 Å². The number of rotatable bonds is 10. The zero-order valence-corrected chi connectivity index (χ0v) is 38.0. The second kappa shape index (κ2) is 17.3. The smallest absolute Gasteiger partial charge is 0.419 e. The molecule has 4 aliphatic heterocycles. The van der Waals surface area contributed by atoms with Crippen LogP contribution in [0.3, 0.4) is 0 Å². The van der Waals surface area contributed by atoms with Gasteiger partial charge in [-0.15, -0.1) is 0 Å². The summed E-state index contributed by atoms with van der Waals surface area (Å²) in [6.45, 7) is 0. The summed E-state index contributed by atoms with van der Waals surface area (Å²) in [5.41, 5.74) is -0.331. The van der Waals surface area contributed by atoms with Gasteiger partial charge in [-0.2, -0.15) is 26.3 Å². The van der Waals surface area contributed by atoms with Crippen LogP contribution in [0.5, 0.6) is 34.5 Å². The first-order valence-corrected chi connectivity index (χ1v) is 23.2. The molecule has 2 saturated carbocycles. The second-order valence-electron chi connectivity index (χ2n) is 18.5. The maximum Gasteiger partial charge on any atom is 0.419 e. The van der Waals surface area contributed by atoms with E-state index in [9.17, 15) is 49.9 Å². The molecule has 74 heavy (non-hydrogen) atoms. The Morgan fingerprint density at radius 1 is 0.635 bits per heavy atom. The Morgan fingerprint density at radius 3 is 1.77 bits per heavy atom. The van der Waals surface area contributed by atoms with Crippen molar-refractivity contribution in [2.75, 3.05) is 21.3 Å². The monoisotopic (exact) mass is 1020 g/mol. The number of aromatic nitrogens is 2. The third-order valence-corrected chi connectivity index (χ3v) is 13.6. The molecule has 378 valence electrons. The molecule has 6 aromatic rings. The zero-order valence-electron chi connectivity index (χ0n) is 38.0. The molecule has 16 nitrogen and oxygen atoms in total. The molecule has 6 heterocycles. The Bertz CT molecular complexity index is 3390. The number of ether oxygens (including phenoxy) is 4. The van der Waals surface area contributed by atoms with Crippen LogP contribution in [0.2, 0.25) is 0 Å². The van der Waals surface area contributed by atoms with Crippen LogP contribution >= 0.6 is 0 Å². The average Bonchev–Trinajstić information content (AvgIpc) is 4.10. The van der Waals surface area contributed by atoms with Crippen molar-refractivity contribution >= 4 is 46.9 Å². The minimum Gasteiger partial charge on any atom is -0.487 e. The Kier molecular flexibility index (Phi) is 10.8. The lowest BCUT2D eigenvalue weighted by Gasteiger charge is -2.21. The number of hydrogen-bond acceptors (Lipinski definition) is 10. The van der Waals surface area contributed by atoms with Gasteiger partial charge in [-0.05, 0) is 91.2 Å². The highest BCUT2D eigenvalue weighted by Crippen LogP contribution is 2.56. The number of amides is 6. The summed E-state index contributed by atoms with van der Waals surface area (Å²) in [6, 6.07) is 16.3. The van der Waals surface area contributed by atoms with Crippen LogP contribution in [0.1, 0.15) is 69.3 Å². The van der Waals surface area contributed by atoms with Crippen molar-refractivity contribution < 1.29 is 68.9 Å². The summed E-state index contributed by atoms with van der Waals surface area (Å²) < 4.78 is 122. The molecule has 4 aromatic carbocycles. The Hall–Kier alpha value is -8.63. The van der Waals surface area contributed by atoms with E-state index >= 15 is 0 Å². The fourth-order valence-electron chi connectivity index (χ4n) is 10.0. The number of fused-ring (bicyclic) bond motifs is 8. The fraction of sp³-hybridized carbons (Fsp3) is 0.255. The minimum absolute atomic E-state index is 0.0909. The number of halogens is 7. The Balaban J connectivity index is 0.712. The third-order valence-electron chi connectivity index (χ3n) is 13.6. The van der Waals surface area contributed by atoms with Gasteiger partial charge in [-0.25, -0.2) is 23.9 Å². The van der Waals surface area contributed by atoms with Gasteiger partial charge in [0, 0.05) is 65.2 Å². The largest absolute Gasteiger partial charge is 0.487 e. The van der Waals surface area contributed by atoms with E-state index in [0.717, 1.165) is 23.3 Å². The molecule has 2 aromatic heterocycles.